The van der Waals surface area contributed by atoms with Crippen molar-refractivity contribution in [1.82, 2.24) is 4.72 Å². The van der Waals surface area contributed by atoms with Gasteiger partial charge in [0.25, 0.3) is 0 Å². The highest BCUT2D eigenvalue weighted by Gasteiger charge is 2.28. The number of hydrogen-bond donors (Lipinski definition) is 2. The molecule has 1 aromatic rings. The fourth-order valence-corrected chi connectivity index (χ4v) is 2.92. The molecule has 0 heterocycles. The van der Waals surface area contributed by atoms with Crippen LogP contribution < -0.4 is 4.72 Å². The van der Waals surface area contributed by atoms with Crippen LogP contribution in [0.25, 0.3) is 0 Å². The highest BCUT2D eigenvalue weighted by Crippen LogP contribution is 2.25. The summed E-state index contributed by atoms with van der Waals surface area (Å²) in [6, 6.07) is 2.40. The molecule has 20 heavy (non-hydrogen) atoms. The van der Waals surface area contributed by atoms with Crippen molar-refractivity contribution in [1.29, 1.82) is 0 Å². The van der Waals surface area contributed by atoms with E-state index in [2.05, 4.69) is 4.72 Å². The summed E-state index contributed by atoms with van der Waals surface area (Å²) in [4.78, 5) is -0.338. The molecule has 0 fully saturated rings. The second-order valence-corrected chi connectivity index (χ2v) is 6.53. The van der Waals surface area contributed by atoms with Crippen LogP contribution in [0.3, 0.4) is 0 Å². The number of aliphatic hydroxyl groups is 1. The maximum Gasteiger partial charge on any atom is 0.240 e. The number of rotatable bonds is 7. The largest absolute Gasteiger partial charge is 0.396 e. The number of halogens is 2. The Balaban J connectivity index is 2.92. The van der Waals surface area contributed by atoms with E-state index in [0.717, 1.165) is 12.1 Å². The number of aliphatic hydroxyl groups excluding tert-OH is 1. The molecule has 0 spiro atoms. The summed E-state index contributed by atoms with van der Waals surface area (Å²) < 4.78 is 52.2. The molecular weight excluding hydrogens is 288 g/mol. The van der Waals surface area contributed by atoms with E-state index in [9.17, 15) is 22.3 Å². The standard InChI is InChI=1S/C13H19F2NO3S/c1-3-13(4-2,9-17)8-16-20(18,19)10-5-6-11(14)12(15)7-10/h5-7,16-17H,3-4,8-9H2,1-2H3. The number of hydrogen-bond acceptors (Lipinski definition) is 3. The average Bonchev–Trinajstić information content (AvgIpc) is 2.44. The number of sulfonamides is 1. The molecule has 0 amide bonds. The van der Waals surface area contributed by atoms with E-state index in [1.54, 1.807) is 0 Å². The van der Waals surface area contributed by atoms with Crippen LogP contribution >= 0.6 is 0 Å². The molecule has 0 aromatic heterocycles. The van der Waals surface area contributed by atoms with E-state index < -0.39 is 27.1 Å². The summed E-state index contributed by atoms with van der Waals surface area (Å²) >= 11 is 0. The highest BCUT2D eigenvalue weighted by atomic mass is 32.2. The highest BCUT2D eigenvalue weighted by molar-refractivity contribution is 7.89. The second kappa shape index (κ2) is 6.60. The van der Waals surface area contributed by atoms with E-state index in [-0.39, 0.29) is 18.0 Å². The third kappa shape index (κ3) is 3.74. The van der Waals surface area contributed by atoms with Gasteiger partial charge in [0.1, 0.15) is 0 Å². The van der Waals surface area contributed by atoms with E-state index >= 15 is 0 Å². The molecule has 0 aliphatic carbocycles. The van der Waals surface area contributed by atoms with Crippen LogP contribution in [0.4, 0.5) is 8.78 Å². The molecule has 114 valence electrons. The quantitative estimate of drug-likeness (QED) is 0.810. The smallest absolute Gasteiger partial charge is 0.240 e. The van der Waals surface area contributed by atoms with Gasteiger partial charge in [-0.1, -0.05) is 13.8 Å². The van der Waals surface area contributed by atoms with Crippen molar-refractivity contribution in [3.8, 4) is 0 Å². The van der Waals surface area contributed by atoms with Gasteiger partial charge in [0, 0.05) is 18.6 Å². The summed E-state index contributed by atoms with van der Waals surface area (Å²) in [6.45, 7) is 3.59. The Morgan fingerprint density at radius 2 is 1.80 bits per heavy atom. The molecule has 0 saturated carbocycles. The minimum absolute atomic E-state index is 0.0395. The predicted molar refractivity (Wildman–Crippen MR) is 71.6 cm³/mol. The molecule has 0 bridgehead atoms. The van der Waals surface area contributed by atoms with Crippen molar-refractivity contribution in [2.24, 2.45) is 5.41 Å². The van der Waals surface area contributed by atoms with Crippen LogP contribution in [0, 0.1) is 17.0 Å². The van der Waals surface area contributed by atoms with Gasteiger partial charge >= 0.3 is 0 Å². The van der Waals surface area contributed by atoms with Crippen LogP contribution in [0.2, 0.25) is 0 Å². The molecular formula is C13H19F2NO3S. The fraction of sp³-hybridized carbons (Fsp3) is 0.538. The number of benzene rings is 1. The third-order valence-electron chi connectivity index (χ3n) is 3.67. The maximum absolute atomic E-state index is 13.1. The molecule has 0 atom stereocenters. The molecule has 0 unspecified atom stereocenters. The Kier molecular flexibility index (Phi) is 5.61. The van der Waals surface area contributed by atoms with E-state index in [4.69, 9.17) is 0 Å². The maximum atomic E-state index is 13.1. The Morgan fingerprint density at radius 1 is 1.20 bits per heavy atom. The van der Waals surface area contributed by atoms with Gasteiger partial charge in [-0.3, -0.25) is 0 Å². The van der Waals surface area contributed by atoms with Crippen LogP contribution in [-0.4, -0.2) is 26.7 Å². The zero-order chi connectivity index (χ0) is 15.4. The molecule has 1 aromatic carbocycles. The van der Waals surface area contributed by atoms with Crippen molar-refractivity contribution in [2.75, 3.05) is 13.2 Å². The Hall–Kier alpha value is -1.05. The fourth-order valence-electron chi connectivity index (χ4n) is 1.75. The van der Waals surface area contributed by atoms with E-state index in [1.807, 2.05) is 13.8 Å². The Morgan fingerprint density at radius 3 is 2.25 bits per heavy atom. The lowest BCUT2D eigenvalue weighted by Crippen LogP contribution is -2.39. The topological polar surface area (TPSA) is 66.4 Å². The van der Waals surface area contributed by atoms with Gasteiger partial charge in [-0.05, 0) is 31.0 Å². The normalized spacial score (nSPS) is 12.7. The van der Waals surface area contributed by atoms with Crippen molar-refractivity contribution < 1.29 is 22.3 Å². The first kappa shape index (κ1) is 17.0. The van der Waals surface area contributed by atoms with Gasteiger partial charge in [-0.2, -0.15) is 0 Å². The summed E-state index contributed by atoms with van der Waals surface area (Å²) in [6.07, 6.45) is 1.20. The minimum atomic E-state index is -3.93. The molecule has 1 rings (SSSR count). The lowest BCUT2D eigenvalue weighted by atomic mass is 9.84. The molecule has 0 saturated heterocycles. The summed E-state index contributed by atoms with van der Waals surface area (Å²) in [7, 11) is -3.93. The van der Waals surface area contributed by atoms with Gasteiger partial charge in [-0.25, -0.2) is 21.9 Å². The SMILES string of the molecule is CCC(CC)(CO)CNS(=O)(=O)c1ccc(F)c(F)c1. The van der Waals surface area contributed by atoms with Crippen molar-refractivity contribution in [3.05, 3.63) is 29.8 Å². The molecule has 7 heteroatoms. The first-order valence-corrected chi connectivity index (χ1v) is 7.84. The van der Waals surface area contributed by atoms with Gasteiger partial charge in [0.05, 0.1) is 4.90 Å². The van der Waals surface area contributed by atoms with Gasteiger partial charge in [0.2, 0.25) is 10.0 Å². The van der Waals surface area contributed by atoms with Crippen molar-refractivity contribution in [3.63, 3.8) is 0 Å². The van der Waals surface area contributed by atoms with Crippen LogP contribution in [0.15, 0.2) is 23.1 Å². The van der Waals surface area contributed by atoms with Crippen LogP contribution in [0.5, 0.6) is 0 Å². The zero-order valence-electron chi connectivity index (χ0n) is 11.5. The lowest BCUT2D eigenvalue weighted by Gasteiger charge is -2.29. The van der Waals surface area contributed by atoms with E-state index in [0.29, 0.717) is 18.9 Å². The van der Waals surface area contributed by atoms with Crippen LogP contribution in [0.1, 0.15) is 26.7 Å². The first-order chi connectivity index (χ1) is 9.30. The van der Waals surface area contributed by atoms with Crippen molar-refractivity contribution in [2.45, 2.75) is 31.6 Å². The minimum Gasteiger partial charge on any atom is -0.396 e. The predicted octanol–water partition coefficient (Wildman–Crippen LogP) is 2.04. The Labute approximate surface area is 117 Å². The van der Waals surface area contributed by atoms with E-state index in [1.165, 1.54) is 0 Å². The molecule has 2 N–H and O–H groups in total. The Bertz CT molecular complexity index is 548. The first-order valence-electron chi connectivity index (χ1n) is 6.36. The third-order valence-corrected chi connectivity index (χ3v) is 5.07. The molecule has 0 aliphatic rings. The zero-order valence-corrected chi connectivity index (χ0v) is 12.3. The summed E-state index contributed by atoms with van der Waals surface area (Å²) in [5.41, 5.74) is -0.550. The summed E-state index contributed by atoms with van der Waals surface area (Å²) in [5.74, 6) is -2.32. The van der Waals surface area contributed by atoms with Crippen molar-refractivity contribution >= 4 is 10.0 Å². The molecule has 0 aliphatic heterocycles. The lowest BCUT2D eigenvalue weighted by molar-refractivity contribution is 0.119. The van der Waals surface area contributed by atoms with Crippen LogP contribution in [-0.2, 0) is 10.0 Å². The number of nitrogens with one attached hydrogen (secondary N) is 1. The second-order valence-electron chi connectivity index (χ2n) is 4.77. The van der Waals surface area contributed by atoms with Gasteiger partial charge in [0.15, 0.2) is 11.6 Å². The van der Waals surface area contributed by atoms with Gasteiger partial charge in [-0.15, -0.1) is 0 Å². The molecule has 4 nitrogen and oxygen atoms in total. The van der Waals surface area contributed by atoms with Gasteiger partial charge < -0.3 is 5.11 Å². The average molecular weight is 307 g/mol. The molecule has 0 radical (unpaired) electrons. The summed E-state index contributed by atoms with van der Waals surface area (Å²) in [5, 5.41) is 9.38. The monoisotopic (exact) mass is 307 g/mol.